The fourth-order valence-corrected chi connectivity index (χ4v) is 9.48. The molecule has 0 spiro atoms. The first-order valence-corrected chi connectivity index (χ1v) is 17.2. The van der Waals surface area contributed by atoms with E-state index in [1.807, 2.05) is 6.07 Å². The molecule has 3 fully saturated rings. The summed E-state index contributed by atoms with van der Waals surface area (Å²) in [6.07, 6.45) is 4.33. The lowest BCUT2D eigenvalue weighted by Gasteiger charge is -2.37. The molecule has 0 amide bonds. The third kappa shape index (κ3) is 4.78. The number of rotatable bonds is 4. The molecule has 8 rings (SSSR count). The maximum Gasteiger partial charge on any atom is 0.319 e. The molecule has 0 bridgehead atoms. The van der Waals surface area contributed by atoms with E-state index in [-0.39, 0.29) is 84.8 Å². The number of hydrogen-bond donors (Lipinski definition) is 2. The number of nitrogens with two attached hydrogens (primary N) is 2. The van der Waals surface area contributed by atoms with Gasteiger partial charge in [-0.1, -0.05) is 24.1 Å². The fourth-order valence-electron chi connectivity index (χ4n) is 8.20. The Kier molecular flexibility index (Phi) is 7.55. The van der Waals surface area contributed by atoms with E-state index >= 15 is 4.39 Å². The molecular weight excluding hydrogens is 651 g/mol. The zero-order chi connectivity index (χ0) is 32.6. The lowest BCUT2D eigenvalue weighted by atomic mass is 9.95. The Morgan fingerprint density at radius 2 is 2.02 bits per heavy atom. The third-order valence-electron chi connectivity index (χ3n) is 10.4. The van der Waals surface area contributed by atoms with Gasteiger partial charge in [0.15, 0.2) is 11.6 Å². The molecule has 0 aliphatic carbocycles. The first-order valence-electron chi connectivity index (χ1n) is 16.0. The van der Waals surface area contributed by atoms with Gasteiger partial charge in [0.1, 0.15) is 41.0 Å². The molecule has 4 atom stereocenters. The number of nitrogens with zero attached hydrogens (tertiary/aromatic N) is 5. The molecule has 4 aliphatic heterocycles. The molecule has 4 aliphatic rings. The number of thiophene rings is 1. The second-order valence-corrected chi connectivity index (χ2v) is 14.5. The minimum absolute atomic E-state index is 0.0375. The molecule has 6 heterocycles. The van der Waals surface area contributed by atoms with Gasteiger partial charge in [0.05, 0.1) is 32.8 Å². The zero-order valence-corrected chi connectivity index (χ0v) is 27.1. The number of fused-ring (bicyclic) bond motifs is 4. The van der Waals surface area contributed by atoms with Gasteiger partial charge in [-0.25, -0.2) is 13.2 Å². The molecule has 9 nitrogen and oxygen atoms in total. The van der Waals surface area contributed by atoms with E-state index in [2.05, 4.69) is 14.8 Å². The van der Waals surface area contributed by atoms with Crippen LogP contribution in [0.2, 0.25) is 5.02 Å². The van der Waals surface area contributed by atoms with Gasteiger partial charge >= 0.3 is 6.01 Å². The highest BCUT2D eigenvalue weighted by atomic mass is 35.5. The van der Waals surface area contributed by atoms with Crippen LogP contribution in [0.4, 0.5) is 24.0 Å². The van der Waals surface area contributed by atoms with Gasteiger partial charge in [0, 0.05) is 49.0 Å². The van der Waals surface area contributed by atoms with E-state index in [1.54, 1.807) is 0 Å². The summed E-state index contributed by atoms with van der Waals surface area (Å²) in [6.45, 7) is 2.20. The van der Waals surface area contributed by atoms with Gasteiger partial charge < -0.3 is 25.8 Å². The number of nitrogen functional groups attached to an aromatic ring is 1. The van der Waals surface area contributed by atoms with Crippen LogP contribution in [-0.2, 0) is 0 Å². The minimum atomic E-state index is -0.942. The Labute approximate surface area is 278 Å². The average Bonchev–Trinajstić information content (AvgIpc) is 3.64. The molecule has 14 heteroatoms. The van der Waals surface area contributed by atoms with Crippen molar-refractivity contribution in [3.63, 3.8) is 0 Å². The summed E-state index contributed by atoms with van der Waals surface area (Å²) in [5.74, 6) is -0.788. The molecule has 4 N–H and O–H groups in total. The Morgan fingerprint density at radius 1 is 1.17 bits per heavy atom. The standard InChI is InChI=1S/C33H33ClF3N7O2S/c34-25-23(17-5-6-19(36)29-22(17)18(13-38)30(40)47-29)26(37)27-24-28(25)45-11-7-21-20(39)4-1-2-10-44(21)31(24)42-32(41-27)46-15-33-8-3-9-43(33)14-16(35)12-33/h5-6,16,20-21H,1-4,7-12,14-15,39-40H2/t16-,20?,21?,33?/m1/s1. The van der Waals surface area contributed by atoms with Crippen LogP contribution >= 0.6 is 22.9 Å². The van der Waals surface area contributed by atoms with E-state index < -0.39 is 23.3 Å². The van der Waals surface area contributed by atoms with Crippen molar-refractivity contribution in [1.29, 1.82) is 5.26 Å². The van der Waals surface area contributed by atoms with Crippen LogP contribution in [0.3, 0.4) is 0 Å². The van der Waals surface area contributed by atoms with Crippen molar-refractivity contribution in [2.24, 2.45) is 5.73 Å². The van der Waals surface area contributed by atoms with Gasteiger partial charge in [-0.2, -0.15) is 15.2 Å². The van der Waals surface area contributed by atoms with Gasteiger partial charge in [0.2, 0.25) is 0 Å². The second kappa shape index (κ2) is 11.5. The molecule has 47 heavy (non-hydrogen) atoms. The van der Waals surface area contributed by atoms with E-state index in [0.29, 0.717) is 31.7 Å². The van der Waals surface area contributed by atoms with Crippen LogP contribution in [0.25, 0.3) is 32.1 Å². The van der Waals surface area contributed by atoms with E-state index in [0.717, 1.165) is 50.0 Å². The number of halogens is 4. The van der Waals surface area contributed by atoms with Crippen LogP contribution in [0.1, 0.15) is 50.5 Å². The molecule has 4 aromatic rings. The summed E-state index contributed by atoms with van der Waals surface area (Å²) in [5, 5.41) is 10.5. The monoisotopic (exact) mass is 683 g/mol. The number of hydrogen-bond acceptors (Lipinski definition) is 10. The van der Waals surface area contributed by atoms with Gasteiger partial charge in [-0.05, 0) is 43.9 Å². The smallest absolute Gasteiger partial charge is 0.319 e. The summed E-state index contributed by atoms with van der Waals surface area (Å²) in [5.41, 5.74) is 12.4. The highest BCUT2D eigenvalue weighted by molar-refractivity contribution is 7.23. The Hall–Kier alpha value is -3.57. The normalized spacial score (nSPS) is 26.0. The van der Waals surface area contributed by atoms with Crippen molar-refractivity contribution in [3.8, 4) is 29.0 Å². The summed E-state index contributed by atoms with van der Waals surface area (Å²) in [7, 11) is 0. The van der Waals surface area contributed by atoms with Crippen molar-refractivity contribution in [2.45, 2.75) is 68.7 Å². The second-order valence-electron chi connectivity index (χ2n) is 13.1. The van der Waals surface area contributed by atoms with Crippen molar-refractivity contribution in [1.82, 2.24) is 14.9 Å². The van der Waals surface area contributed by atoms with Crippen LogP contribution in [0.15, 0.2) is 12.1 Å². The summed E-state index contributed by atoms with van der Waals surface area (Å²) in [4.78, 5) is 13.7. The van der Waals surface area contributed by atoms with Crippen LogP contribution < -0.4 is 25.8 Å². The molecule has 2 aromatic heterocycles. The Bertz CT molecular complexity index is 1970. The average molecular weight is 684 g/mol. The highest BCUT2D eigenvalue weighted by Gasteiger charge is 2.49. The molecule has 3 saturated heterocycles. The lowest BCUT2D eigenvalue weighted by Crippen LogP contribution is -2.48. The number of anilines is 2. The number of alkyl halides is 1. The van der Waals surface area contributed by atoms with Crippen LogP contribution in [0, 0.1) is 23.0 Å². The topological polar surface area (TPSA) is 127 Å². The number of nitriles is 1. The van der Waals surface area contributed by atoms with Crippen molar-refractivity contribution in [3.05, 3.63) is 34.4 Å². The maximum atomic E-state index is 17.2. The van der Waals surface area contributed by atoms with Gasteiger partial charge in [-0.3, -0.25) is 4.90 Å². The van der Waals surface area contributed by atoms with Gasteiger partial charge in [-0.15, -0.1) is 11.3 Å². The van der Waals surface area contributed by atoms with Crippen molar-refractivity contribution < 1.29 is 22.6 Å². The molecule has 246 valence electrons. The van der Waals surface area contributed by atoms with E-state index in [1.165, 1.54) is 12.1 Å². The quantitative estimate of drug-likeness (QED) is 0.254. The molecule has 2 aromatic carbocycles. The predicted octanol–water partition coefficient (Wildman–Crippen LogP) is 6.32. The number of ether oxygens (including phenoxy) is 2. The predicted molar refractivity (Wildman–Crippen MR) is 176 cm³/mol. The van der Waals surface area contributed by atoms with Crippen LogP contribution in [-0.4, -0.2) is 71.5 Å². The summed E-state index contributed by atoms with van der Waals surface area (Å²) >= 11 is 7.97. The fraction of sp³-hybridized carbons (Fsp3) is 0.485. The SMILES string of the molecule is N#Cc1c(N)sc2c(F)ccc(-c3c(Cl)c4c5c(nc(OCC67CCCN6C[C@H](F)C7)nc5c3F)N3CCCCC(N)C3CCO4)c12. The first-order chi connectivity index (χ1) is 22.7. The van der Waals surface area contributed by atoms with Crippen molar-refractivity contribution in [2.75, 3.05) is 43.5 Å². The molecular formula is C33H33ClF3N7O2S. The van der Waals surface area contributed by atoms with E-state index in [9.17, 15) is 14.0 Å². The zero-order valence-electron chi connectivity index (χ0n) is 25.5. The summed E-state index contributed by atoms with van der Waals surface area (Å²) in [6, 6.07) is 4.29. The minimum Gasteiger partial charge on any atom is -0.491 e. The number of aromatic nitrogens is 2. The van der Waals surface area contributed by atoms with Gasteiger partial charge in [0.25, 0.3) is 0 Å². The number of benzene rings is 2. The molecule has 0 radical (unpaired) electrons. The largest absolute Gasteiger partial charge is 0.491 e. The van der Waals surface area contributed by atoms with E-state index in [4.69, 9.17) is 37.5 Å². The molecule has 3 unspecified atom stereocenters. The maximum absolute atomic E-state index is 17.2. The first kappa shape index (κ1) is 30.7. The Balaban J connectivity index is 1.36. The lowest BCUT2D eigenvalue weighted by molar-refractivity contribution is 0.107. The van der Waals surface area contributed by atoms with Crippen LogP contribution in [0.5, 0.6) is 11.8 Å². The Morgan fingerprint density at radius 3 is 2.85 bits per heavy atom. The summed E-state index contributed by atoms with van der Waals surface area (Å²) < 4.78 is 59.5. The highest BCUT2D eigenvalue weighted by Crippen LogP contribution is 2.51. The third-order valence-corrected chi connectivity index (χ3v) is 11.8. The van der Waals surface area contributed by atoms with Crippen molar-refractivity contribution >= 4 is 54.7 Å². The molecule has 0 saturated carbocycles.